The van der Waals surface area contributed by atoms with Gasteiger partial charge >= 0.3 is 5.97 Å². The minimum atomic E-state index is -1.07. The first kappa shape index (κ1) is 24.0. The second-order valence-corrected chi connectivity index (χ2v) is 9.31. The number of thiazole rings is 1. The molecule has 4 aromatic rings. The fourth-order valence-corrected chi connectivity index (χ4v) is 4.53. The fraction of sp³-hybridized carbons (Fsp3) is 0.111. The molecule has 2 heterocycles. The lowest BCUT2D eigenvalue weighted by Crippen LogP contribution is -2.30. The van der Waals surface area contributed by atoms with Crippen molar-refractivity contribution in [2.45, 2.75) is 19.9 Å². The number of aromatic hydroxyl groups is 1. The number of hydrogen-bond donors (Lipinski definition) is 2. The number of anilines is 1. The van der Waals surface area contributed by atoms with Gasteiger partial charge in [-0.15, -0.1) is 11.3 Å². The molecule has 184 valence electrons. The normalized spacial score (nSPS) is 15.4. The van der Waals surface area contributed by atoms with E-state index in [0.29, 0.717) is 27.5 Å². The number of aromatic carboxylic acids is 1. The molecule has 0 radical (unpaired) electrons. The van der Waals surface area contributed by atoms with E-state index in [1.165, 1.54) is 28.5 Å². The molecule has 9 nitrogen and oxygen atoms in total. The quantitative estimate of drug-likeness (QED) is 0.319. The van der Waals surface area contributed by atoms with Gasteiger partial charge in [-0.2, -0.15) is 20.3 Å². The maximum atomic E-state index is 13.4. The standard InChI is InChI=1S/C27H21N5O4S/c1-15-9-10-19(13-16(15)2)32-26(34)23(22(31-32)25-28-11-12-37-25)30-29-21-8-4-7-20(24(21)33)17-5-3-6-18(14-17)27(35)36/h3-14,23,33H,1-2H3,(H,35,36). The van der Waals surface area contributed by atoms with Gasteiger partial charge in [0, 0.05) is 17.1 Å². The summed E-state index contributed by atoms with van der Waals surface area (Å²) in [6, 6.07) is 15.7. The van der Waals surface area contributed by atoms with E-state index in [0.717, 1.165) is 11.1 Å². The number of amides is 1. The number of carbonyl (C=O) groups is 2. The summed E-state index contributed by atoms with van der Waals surface area (Å²) < 4.78 is 0. The molecule has 1 aromatic heterocycles. The third-order valence-electron chi connectivity index (χ3n) is 6.01. The van der Waals surface area contributed by atoms with Crippen LogP contribution in [0.1, 0.15) is 26.5 Å². The van der Waals surface area contributed by atoms with Crippen molar-refractivity contribution < 1.29 is 19.8 Å². The van der Waals surface area contributed by atoms with Crippen LogP contribution in [0.3, 0.4) is 0 Å². The highest BCUT2D eigenvalue weighted by Crippen LogP contribution is 2.38. The molecule has 3 aromatic carbocycles. The first-order chi connectivity index (χ1) is 17.8. The van der Waals surface area contributed by atoms with Crippen molar-refractivity contribution in [1.29, 1.82) is 0 Å². The lowest BCUT2D eigenvalue weighted by Gasteiger charge is -2.14. The van der Waals surface area contributed by atoms with Gasteiger partial charge < -0.3 is 10.2 Å². The van der Waals surface area contributed by atoms with Gasteiger partial charge in [0.15, 0.2) is 11.8 Å². The summed E-state index contributed by atoms with van der Waals surface area (Å²) in [7, 11) is 0. The number of aromatic nitrogens is 1. The van der Waals surface area contributed by atoms with Crippen LogP contribution < -0.4 is 5.01 Å². The van der Waals surface area contributed by atoms with Crippen LogP contribution in [0.2, 0.25) is 0 Å². The Kier molecular flexibility index (Phi) is 6.33. The molecule has 1 aliphatic heterocycles. The van der Waals surface area contributed by atoms with Crippen LogP contribution in [0.15, 0.2) is 87.6 Å². The van der Waals surface area contributed by atoms with Crippen molar-refractivity contribution in [2.75, 3.05) is 5.01 Å². The average Bonchev–Trinajstić information content (AvgIpc) is 3.53. The van der Waals surface area contributed by atoms with Gasteiger partial charge in [0.25, 0.3) is 5.91 Å². The Bertz CT molecular complexity index is 1580. The molecule has 1 aliphatic rings. The fourth-order valence-electron chi connectivity index (χ4n) is 3.89. The van der Waals surface area contributed by atoms with Crippen LogP contribution >= 0.6 is 11.3 Å². The van der Waals surface area contributed by atoms with E-state index in [9.17, 15) is 19.8 Å². The summed E-state index contributed by atoms with van der Waals surface area (Å²) in [6.45, 7) is 3.95. The molecule has 5 rings (SSSR count). The number of carboxylic acids is 1. The Morgan fingerprint density at radius 1 is 1.05 bits per heavy atom. The zero-order valence-corrected chi connectivity index (χ0v) is 20.7. The van der Waals surface area contributed by atoms with E-state index in [2.05, 4.69) is 20.3 Å². The second-order valence-electron chi connectivity index (χ2n) is 8.42. The number of phenolic OH excluding ortho intramolecular Hbond substituents is 1. The number of carbonyl (C=O) groups excluding carboxylic acids is 1. The van der Waals surface area contributed by atoms with E-state index in [1.54, 1.807) is 41.9 Å². The highest BCUT2D eigenvalue weighted by molar-refractivity contribution is 7.11. The van der Waals surface area contributed by atoms with Gasteiger partial charge in [-0.05, 0) is 60.9 Å². The molecule has 0 saturated carbocycles. The molecule has 0 aliphatic carbocycles. The predicted molar refractivity (Wildman–Crippen MR) is 141 cm³/mol. The molecule has 1 unspecified atom stereocenters. The van der Waals surface area contributed by atoms with E-state index in [4.69, 9.17) is 0 Å². The van der Waals surface area contributed by atoms with Crippen LogP contribution in [0, 0.1) is 13.8 Å². The maximum Gasteiger partial charge on any atom is 0.335 e. The average molecular weight is 512 g/mol. The first-order valence-corrected chi connectivity index (χ1v) is 12.2. The smallest absolute Gasteiger partial charge is 0.335 e. The summed E-state index contributed by atoms with van der Waals surface area (Å²) in [5.74, 6) is -1.64. The number of azo groups is 1. The van der Waals surface area contributed by atoms with Crippen molar-refractivity contribution in [3.05, 3.63) is 93.9 Å². The van der Waals surface area contributed by atoms with Crippen molar-refractivity contribution in [3.8, 4) is 16.9 Å². The molecule has 1 amide bonds. The number of phenols is 1. The van der Waals surface area contributed by atoms with Gasteiger partial charge in [0.1, 0.15) is 16.4 Å². The molecular weight excluding hydrogens is 490 g/mol. The van der Waals surface area contributed by atoms with E-state index >= 15 is 0 Å². The third-order valence-corrected chi connectivity index (χ3v) is 6.81. The number of rotatable bonds is 6. The Labute approximate surface area is 216 Å². The van der Waals surface area contributed by atoms with Crippen LogP contribution in [0.4, 0.5) is 11.4 Å². The Morgan fingerprint density at radius 3 is 2.59 bits per heavy atom. The highest BCUT2D eigenvalue weighted by atomic mass is 32.1. The number of hydrazone groups is 1. The number of benzene rings is 3. The third kappa shape index (κ3) is 4.62. The molecule has 0 spiro atoms. The Morgan fingerprint density at radius 2 is 1.86 bits per heavy atom. The Balaban J connectivity index is 1.50. The predicted octanol–water partition coefficient (Wildman–Crippen LogP) is 5.73. The molecule has 10 heteroatoms. The van der Waals surface area contributed by atoms with E-state index in [-0.39, 0.29) is 22.9 Å². The van der Waals surface area contributed by atoms with Crippen LogP contribution in [0.25, 0.3) is 11.1 Å². The summed E-state index contributed by atoms with van der Waals surface area (Å²) >= 11 is 1.34. The van der Waals surface area contributed by atoms with Crippen LogP contribution in [0.5, 0.6) is 5.75 Å². The highest BCUT2D eigenvalue weighted by Gasteiger charge is 2.39. The maximum absolute atomic E-state index is 13.4. The van der Waals surface area contributed by atoms with E-state index in [1.807, 2.05) is 32.0 Å². The van der Waals surface area contributed by atoms with Crippen LogP contribution in [-0.4, -0.2) is 38.8 Å². The zero-order valence-electron chi connectivity index (χ0n) is 19.9. The summed E-state index contributed by atoms with van der Waals surface area (Å²) in [6.07, 6.45) is 1.63. The lowest BCUT2D eigenvalue weighted by molar-refractivity contribution is -0.117. The molecule has 0 bridgehead atoms. The summed E-state index contributed by atoms with van der Waals surface area (Å²) in [5, 5.41) is 36.9. The molecular formula is C27H21N5O4S. The molecule has 1 atom stereocenters. The van der Waals surface area contributed by atoms with E-state index < -0.39 is 12.0 Å². The largest absolute Gasteiger partial charge is 0.505 e. The van der Waals surface area contributed by atoms with Gasteiger partial charge in [-0.25, -0.2) is 9.78 Å². The summed E-state index contributed by atoms with van der Waals surface area (Å²) in [4.78, 5) is 29.1. The lowest BCUT2D eigenvalue weighted by atomic mass is 10.0. The van der Waals surface area contributed by atoms with Gasteiger partial charge in [0.2, 0.25) is 0 Å². The number of para-hydroxylation sites is 1. The number of aryl methyl sites for hydroxylation is 2. The van der Waals surface area contributed by atoms with Gasteiger partial charge in [-0.1, -0.05) is 30.3 Å². The summed E-state index contributed by atoms with van der Waals surface area (Å²) in [5.41, 5.74) is 4.23. The Hall–Kier alpha value is -4.70. The monoisotopic (exact) mass is 511 g/mol. The van der Waals surface area contributed by atoms with Crippen molar-refractivity contribution in [1.82, 2.24) is 4.98 Å². The number of carboxylic acid groups (broad SMARTS) is 1. The van der Waals surface area contributed by atoms with Crippen molar-refractivity contribution >= 4 is 40.3 Å². The molecule has 2 N–H and O–H groups in total. The first-order valence-electron chi connectivity index (χ1n) is 11.3. The van der Waals surface area contributed by atoms with Gasteiger partial charge in [0.05, 0.1) is 11.3 Å². The van der Waals surface area contributed by atoms with Crippen molar-refractivity contribution in [2.24, 2.45) is 15.3 Å². The zero-order chi connectivity index (χ0) is 26.1. The van der Waals surface area contributed by atoms with Gasteiger partial charge in [-0.3, -0.25) is 4.79 Å². The number of hydrogen-bond acceptors (Lipinski definition) is 8. The topological polar surface area (TPSA) is 128 Å². The minimum Gasteiger partial charge on any atom is -0.505 e. The van der Waals surface area contributed by atoms with Crippen LogP contribution in [-0.2, 0) is 4.79 Å². The molecule has 37 heavy (non-hydrogen) atoms. The second kappa shape index (κ2) is 9.75. The van der Waals surface area contributed by atoms with Crippen molar-refractivity contribution in [3.63, 3.8) is 0 Å². The molecule has 0 saturated heterocycles. The molecule has 0 fully saturated rings. The SMILES string of the molecule is Cc1ccc(N2N=C(c3nccs3)C(N=Nc3cccc(-c4cccc(C(=O)O)c4)c3O)C2=O)cc1C. The minimum absolute atomic E-state index is 0.0937. The number of nitrogens with zero attached hydrogens (tertiary/aromatic N) is 5.